The molecule has 0 spiro atoms. The fourth-order valence-electron chi connectivity index (χ4n) is 4.78. The first kappa shape index (κ1) is 15.8. The summed E-state index contributed by atoms with van der Waals surface area (Å²) in [7, 11) is 0. The molecule has 21 heavy (non-hydrogen) atoms. The van der Waals surface area contributed by atoms with Gasteiger partial charge in [0.2, 0.25) is 0 Å². The minimum atomic E-state index is 0.355. The van der Waals surface area contributed by atoms with E-state index >= 15 is 0 Å². The number of piperazine rings is 1. The molecule has 0 aromatic carbocycles. The zero-order valence-electron chi connectivity index (χ0n) is 14.8. The van der Waals surface area contributed by atoms with Crippen molar-refractivity contribution < 1.29 is 0 Å². The second-order valence-electron chi connectivity index (χ2n) is 8.89. The van der Waals surface area contributed by atoms with E-state index in [1.165, 1.54) is 52.0 Å². The average molecular weight is 293 g/mol. The topological polar surface area (TPSA) is 9.72 Å². The van der Waals surface area contributed by atoms with Crippen LogP contribution >= 0.6 is 0 Å². The minimum absolute atomic E-state index is 0.355. The van der Waals surface area contributed by atoms with Crippen LogP contribution in [0.2, 0.25) is 0 Å². The van der Waals surface area contributed by atoms with Gasteiger partial charge in [0, 0.05) is 43.3 Å². The largest absolute Gasteiger partial charge is 0.301 e. The lowest BCUT2D eigenvalue weighted by Gasteiger charge is -2.43. The Labute approximate surface area is 131 Å². The first-order valence-corrected chi connectivity index (χ1v) is 9.09. The second-order valence-corrected chi connectivity index (χ2v) is 8.89. The Morgan fingerprint density at radius 2 is 1.67 bits per heavy atom. The van der Waals surface area contributed by atoms with Gasteiger partial charge in [-0.05, 0) is 72.9 Å². The van der Waals surface area contributed by atoms with Gasteiger partial charge in [0.05, 0.1) is 0 Å². The maximum Gasteiger partial charge on any atom is 0.0244 e. The standard InChI is InChI=1S/C18H35N3/c1-14(2)19-8-6-15(7-9-19)11-20-12-17-10-16(20)13-21(17)18(3,4)5/h14-17H,6-13H2,1-5H3/t16-,17-/m0/s1. The molecule has 3 heteroatoms. The molecule has 0 unspecified atom stereocenters. The monoisotopic (exact) mass is 293 g/mol. The molecule has 122 valence electrons. The highest BCUT2D eigenvalue weighted by molar-refractivity contribution is 5.03. The highest BCUT2D eigenvalue weighted by atomic mass is 15.4. The molecule has 3 heterocycles. The lowest BCUT2D eigenvalue weighted by Crippen LogP contribution is -2.54. The highest BCUT2D eigenvalue weighted by Gasteiger charge is 2.46. The molecule has 3 fully saturated rings. The zero-order valence-corrected chi connectivity index (χ0v) is 14.8. The molecule has 3 aliphatic heterocycles. The number of hydrogen-bond acceptors (Lipinski definition) is 3. The third-order valence-corrected chi connectivity index (χ3v) is 6.09. The first-order chi connectivity index (χ1) is 9.84. The molecule has 3 aliphatic rings. The quantitative estimate of drug-likeness (QED) is 0.792. The Hall–Kier alpha value is -0.120. The molecule has 0 N–H and O–H groups in total. The number of piperidine rings is 1. The summed E-state index contributed by atoms with van der Waals surface area (Å²) < 4.78 is 0. The molecule has 3 rings (SSSR count). The third-order valence-electron chi connectivity index (χ3n) is 6.09. The van der Waals surface area contributed by atoms with Crippen LogP contribution in [0.1, 0.15) is 53.9 Å². The van der Waals surface area contributed by atoms with Crippen molar-refractivity contribution in [3.63, 3.8) is 0 Å². The zero-order chi connectivity index (χ0) is 15.2. The van der Waals surface area contributed by atoms with E-state index in [1.54, 1.807) is 0 Å². The molecule has 0 amide bonds. The van der Waals surface area contributed by atoms with Gasteiger partial charge in [-0.2, -0.15) is 0 Å². The molecule has 3 saturated heterocycles. The molecular formula is C18H35N3. The number of fused-ring (bicyclic) bond motifs is 2. The van der Waals surface area contributed by atoms with Crippen LogP contribution < -0.4 is 0 Å². The van der Waals surface area contributed by atoms with Crippen LogP contribution in [0.4, 0.5) is 0 Å². The fourth-order valence-corrected chi connectivity index (χ4v) is 4.78. The highest BCUT2D eigenvalue weighted by Crippen LogP contribution is 2.36. The van der Waals surface area contributed by atoms with Gasteiger partial charge in [-0.1, -0.05) is 0 Å². The Kier molecular flexibility index (Phi) is 4.37. The van der Waals surface area contributed by atoms with Crippen molar-refractivity contribution in [3.05, 3.63) is 0 Å². The summed E-state index contributed by atoms with van der Waals surface area (Å²) in [5.74, 6) is 0.947. The summed E-state index contributed by atoms with van der Waals surface area (Å²) in [5.41, 5.74) is 0.355. The van der Waals surface area contributed by atoms with Crippen molar-refractivity contribution in [1.29, 1.82) is 0 Å². The lowest BCUT2D eigenvalue weighted by molar-refractivity contribution is 0.0425. The van der Waals surface area contributed by atoms with Crippen molar-refractivity contribution in [2.45, 2.75) is 77.5 Å². The van der Waals surface area contributed by atoms with E-state index in [4.69, 9.17) is 0 Å². The lowest BCUT2D eigenvalue weighted by atomic mass is 9.95. The summed E-state index contributed by atoms with van der Waals surface area (Å²) in [6.07, 6.45) is 4.24. The van der Waals surface area contributed by atoms with Crippen molar-refractivity contribution >= 4 is 0 Å². The Morgan fingerprint density at radius 3 is 2.14 bits per heavy atom. The Bertz CT molecular complexity index is 352. The summed E-state index contributed by atoms with van der Waals surface area (Å²) in [6, 6.07) is 2.40. The van der Waals surface area contributed by atoms with Gasteiger partial charge in [0.15, 0.2) is 0 Å². The SMILES string of the molecule is CC(C)N1CCC(CN2C[C@@H]3C[C@H]2CN3C(C)(C)C)CC1. The Balaban J connectivity index is 1.47. The average Bonchev–Trinajstić information content (AvgIpc) is 2.98. The van der Waals surface area contributed by atoms with Crippen molar-refractivity contribution in [1.82, 2.24) is 14.7 Å². The van der Waals surface area contributed by atoms with E-state index in [0.717, 1.165) is 24.0 Å². The van der Waals surface area contributed by atoms with Gasteiger partial charge >= 0.3 is 0 Å². The summed E-state index contributed by atoms with van der Waals surface area (Å²) in [5, 5.41) is 0. The smallest absolute Gasteiger partial charge is 0.0244 e. The van der Waals surface area contributed by atoms with E-state index in [0.29, 0.717) is 5.54 Å². The van der Waals surface area contributed by atoms with Crippen LogP contribution in [0.15, 0.2) is 0 Å². The van der Waals surface area contributed by atoms with Crippen molar-refractivity contribution in [2.24, 2.45) is 5.92 Å². The number of hydrogen-bond donors (Lipinski definition) is 0. The predicted molar refractivity (Wildman–Crippen MR) is 89.7 cm³/mol. The minimum Gasteiger partial charge on any atom is -0.301 e. The number of nitrogens with zero attached hydrogens (tertiary/aromatic N) is 3. The van der Waals surface area contributed by atoms with Crippen LogP contribution in [0, 0.1) is 5.92 Å². The second kappa shape index (κ2) is 5.82. The maximum absolute atomic E-state index is 2.82. The van der Waals surface area contributed by atoms with Gasteiger partial charge < -0.3 is 4.90 Å². The van der Waals surface area contributed by atoms with Crippen LogP contribution in [0.25, 0.3) is 0 Å². The third kappa shape index (κ3) is 3.30. The van der Waals surface area contributed by atoms with Crippen LogP contribution in [0.3, 0.4) is 0 Å². The van der Waals surface area contributed by atoms with Gasteiger partial charge in [0.1, 0.15) is 0 Å². The van der Waals surface area contributed by atoms with Crippen LogP contribution in [-0.2, 0) is 0 Å². The van der Waals surface area contributed by atoms with E-state index in [-0.39, 0.29) is 0 Å². The normalized spacial score (nSPS) is 33.4. The van der Waals surface area contributed by atoms with Crippen LogP contribution in [0.5, 0.6) is 0 Å². The summed E-state index contributed by atoms with van der Waals surface area (Å²) in [4.78, 5) is 8.21. The number of rotatable bonds is 3. The van der Waals surface area contributed by atoms with Crippen molar-refractivity contribution in [2.75, 3.05) is 32.7 Å². The predicted octanol–water partition coefficient (Wildman–Crippen LogP) is 2.66. The maximum atomic E-state index is 2.82. The van der Waals surface area contributed by atoms with Gasteiger partial charge in [-0.3, -0.25) is 9.80 Å². The summed E-state index contributed by atoms with van der Waals surface area (Å²) in [6.45, 7) is 18.4. The number of likely N-dealkylation sites (tertiary alicyclic amines) is 3. The Morgan fingerprint density at radius 1 is 1.00 bits per heavy atom. The molecular weight excluding hydrogens is 258 g/mol. The van der Waals surface area contributed by atoms with Crippen LogP contribution in [-0.4, -0.2) is 71.1 Å². The molecule has 2 atom stereocenters. The molecule has 0 saturated carbocycles. The molecule has 3 nitrogen and oxygen atoms in total. The van der Waals surface area contributed by atoms with E-state index in [1.807, 2.05) is 0 Å². The molecule has 0 aromatic heterocycles. The molecule has 0 aliphatic carbocycles. The first-order valence-electron chi connectivity index (χ1n) is 9.09. The molecule has 0 aromatic rings. The van der Waals surface area contributed by atoms with E-state index in [9.17, 15) is 0 Å². The molecule has 2 bridgehead atoms. The van der Waals surface area contributed by atoms with Gasteiger partial charge in [-0.15, -0.1) is 0 Å². The van der Waals surface area contributed by atoms with Gasteiger partial charge in [0.25, 0.3) is 0 Å². The summed E-state index contributed by atoms with van der Waals surface area (Å²) >= 11 is 0. The van der Waals surface area contributed by atoms with Gasteiger partial charge in [-0.25, -0.2) is 0 Å². The van der Waals surface area contributed by atoms with Crippen molar-refractivity contribution in [3.8, 4) is 0 Å². The molecule has 0 radical (unpaired) electrons. The fraction of sp³-hybridized carbons (Fsp3) is 1.00. The van der Waals surface area contributed by atoms with E-state index < -0.39 is 0 Å². The van der Waals surface area contributed by atoms with E-state index in [2.05, 4.69) is 49.3 Å².